The fourth-order valence-electron chi connectivity index (χ4n) is 2.24. The fourth-order valence-corrected chi connectivity index (χ4v) is 2.24. The normalized spacial score (nSPS) is 24.9. The van der Waals surface area contributed by atoms with Crippen LogP contribution in [0.2, 0.25) is 0 Å². The van der Waals surface area contributed by atoms with E-state index in [-0.39, 0.29) is 17.9 Å². The predicted octanol–water partition coefficient (Wildman–Crippen LogP) is 1.86. The van der Waals surface area contributed by atoms with Crippen LogP contribution in [0.15, 0.2) is 0 Å². The number of likely N-dealkylation sites (tertiary alicyclic amines) is 1. The van der Waals surface area contributed by atoms with Gasteiger partial charge in [0.05, 0.1) is 6.04 Å². The molecule has 2 N–H and O–H groups in total. The van der Waals surface area contributed by atoms with Gasteiger partial charge < -0.3 is 10.6 Å². The molecule has 1 aliphatic rings. The minimum Gasteiger partial charge on any atom is -0.341 e. The Kier molecular flexibility index (Phi) is 4.78. The lowest BCUT2D eigenvalue weighted by Gasteiger charge is -2.24. The Morgan fingerprint density at radius 2 is 2.06 bits per heavy atom. The van der Waals surface area contributed by atoms with E-state index < -0.39 is 0 Å². The first-order valence-corrected chi connectivity index (χ1v) is 6.51. The molecular weight excluding hydrogens is 200 g/mol. The first kappa shape index (κ1) is 13.5. The molecule has 1 aliphatic heterocycles. The molecule has 0 aromatic rings. The molecule has 1 heterocycles. The fraction of sp³-hybridized carbons (Fsp3) is 0.923. The third-order valence-corrected chi connectivity index (χ3v) is 4.02. The highest BCUT2D eigenvalue weighted by atomic mass is 16.2. The van der Waals surface area contributed by atoms with Crippen molar-refractivity contribution in [2.24, 2.45) is 23.5 Å². The number of hydrogen-bond acceptors (Lipinski definition) is 2. The molecule has 0 aliphatic carbocycles. The summed E-state index contributed by atoms with van der Waals surface area (Å²) in [6.45, 7) is 10.4. The van der Waals surface area contributed by atoms with Crippen molar-refractivity contribution in [1.29, 1.82) is 0 Å². The smallest absolute Gasteiger partial charge is 0.239 e. The average molecular weight is 226 g/mol. The predicted molar refractivity (Wildman–Crippen MR) is 67.0 cm³/mol. The van der Waals surface area contributed by atoms with Crippen molar-refractivity contribution < 1.29 is 4.79 Å². The lowest BCUT2D eigenvalue weighted by Crippen LogP contribution is -2.46. The summed E-state index contributed by atoms with van der Waals surface area (Å²) in [6, 6.07) is -0.309. The molecule has 0 bridgehead atoms. The van der Waals surface area contributed by atoms with Crippen LogP contribution in [-0.4, -0.2) is 29.9 Å². The van der Waals surface area contributed by atoms with Gasteiger partial charge in [-0.15, -0.1) is 0 Å². The Balaban J connectivity index is 2.50. The Hall–Kier alpha value is -0.570. The van der Waals surface area contributed by atoms with E-state index in [1.807, 2.05) is 4.90 Å². The van der Waals surface area contributed by atoms with Gasteiger partial charge in [0, 0.05) is 13.1 Å². The van der Waals surface area contributed by atoms with Crippen LogP contribution >= 0.6 is 0 Å². The number of carbonyl (C=O) groups is 1. The van der Waals surface area contributed by atoms with Crippen molar-refractivity contribution in [1.82, 2.24) is 4.90 Å². The van der Waals surface area contributed by atoms with Gasteiger partial charge in [0.25, 0.3) is 0 Å². The Bertz CT molecular complexity index is 240. The molecule has 3 heteroatoms. The average Bonchev–Trinajstić information content (AvgIpc) is 2.75. The number of nitrogens with two attached hydrogens (primary N) is 1. The molecule has 0 aromatic carbocycles. The topological polar surface area (TPSA) is 46.3 Å². The van der Waals surface area contributed by atoms with E-state index in [2.05, 4.69) is 27.7 Å². The van der Waals surface area contributed by atoms with Gasteiger partial charge in [0.15, 0.2) is 0 Å². The largest absolute Gasteiger partial charge is 0.341 e. The highest BCUT2D eigenvalue weighted by Gasteiger charge is 2.31. The summed E-state index contributed by atoms with van der Waals surface area (Å²) < 4.78 is 0. The van der Waals surface area contributed by atoms with Gasteiger partial charge in [0.2, 0.25) is 5.91 Å². The molecule has 1 fully saturated rings. The van der Waals surface area contributed by atoms with Gasteiger partial charge in [-0.2, -0.15) is 0 Å². The highest BCUT2D eigenvalue weighted by Crippen LogP contribution is 2.24. The molecule has 0 aromatic heterocycles. The van der Waals surface area contributed by atoms with E-state index in [0.717, 1.165) is 25.9 Å². The maximum absolute atomic E-state index is 12.1. The van der Waals surface area contributed by atoms with E-state index in [4.69, 9.17) is 5.73 Å². The van der Waals surface area contributed by atoms with Crippen LogP contribution in [0.3, 0.4) is 0 Å². The summed E-state index contributed by atoms with van der Waals surface area (Å²) in [6.07, 6.45) is 2.10. The molecule has 94 valence electrons. The van der Waals surface area contributed by atoms with Crippen LogP contribution in [0.25, 0.3) is 0 Å². The molecule has 3 unspecified atom stereocenters. The van der Waals surface area contributed by atoms with Gasteiger partial charge in [-0.25, -0.2) is 0 Å². The van der Waals surface area contributed by atoms with Crippen molar-refractivity contribution in [3.05, 3.63) is 0 Å². The summed E-state index contributed by atoms with van der Waals surface area (Å²) in [5.41, 5.74) is 5.98. The van der Waals surface area contributed by atoms with E-state index in [1.54, 1.807) is 0 Å². The molecule has 0 radical (unpaired) electrons. The van der Waals surface area contributed by atoms with E-state index in [9.17, 15) is 4.79 Å². The number of hydrogen-bond donors (Lipinski definition) is 1. The summed E-state index contributed by atoms with van der Waals surface area (Å²) >= 11 is 0. The number of nitrogens with zero attached hydrogens (tertiary/aromatic N) is 1. The standard InChI is InChI=1S/C13H26N2O/c1-5-10(4)12(14)13(16)15-7-6-11(8-15)9(2)3/h9-12H,5-8,14H2,1-4H3. The zero-order valence-electron chi connectivity index (χ0n) is 11.1. The molecule has 0 saturated carbocycles. The first-order valence-electron chi connectivity index (χ1n) is 6.51. The molecule has 3 nitrogen and oxygen atoms in total. The van der Waals surface area contributed by atoms with Crippen molar-refractivity contribution in [2.75, 3.05) is 13.1 Å². The number of amides is 1. The SMILES string of the molecule is CCC(C)C(N)C(=O)N1CCC(C(C)C)C1. The van der Waals surface area contributed by atoms with Gasteiger partial charge >= 0.3 is 0 Å². The van der Waals surface area contributed by atoms with Crippen LogP contribution in [0.4, 0.5) is 0 Å². The third-order valence-electron chi connectivity index (χ3n) is 4.02. The van der Waals surface area contributed by atoms with Crippen LogP contribution in [-0.2, 0) is 4.79 Å². The molecule has 1 rings (SSSR count). The van der Waals surface area contributed by atoms with E-state index >= 15 is 0 Å². The van der Waals surface area contributed by atoms with E-state index in [1.165, 1.54) is 0 Å². The maximum Gasteiger partial charge on any atom is 0.239 e. The summed E-state index contributed by atoms with van der Waals surface area (Å²) in [4.78, 5) is 14.1. The van der Waals surface area contributed by atoms with Crippen LogP contribution in [0, 0.1) is 17.8 Å². The first-order chi connectivity index (χ1) is 7.47. The quantitative estimate of drug-likeness (QED) is 0.795. The van der Waals surface area contributed by atoms with Crippen molar-refractivity contribution in [2.45, 2.75) is 46.6 Å². The van der Waals surface area contributed by atoms with Gasteiger partial charge in [-0.3, -0.25) is 4.79 Å². The van der Waals surface area contributed by atoms with Crippen LogP contribution in [0.5, 0.6) is 0 Å². The van der Waals surface area contributed by atoms with Gasteiger partial charge in [-0.05, 0) is 24.2 Å². The highest BCUT2D eigenvalue weighted by molar-refractivity contribution is 5.82. The maximum atomic E-state index is 12.1. The van der Waals surface area contributed by atoms with Crippen molar-refractivity contribution >= 4 is 5.91 Å². The summed E-state index contributed by atoms with van der Waals surface area (Å²) in [5, 5.41) is 0. The lowest BCUT2D eigenvalue weighted by atomic mass is 9.95. The van der Waals surface area contributed by atoms with Gasteiger partial charge in [0.1, 0.15) is 0 Å². The second-order valence-corrected chi connectivity index (χ2v) is 5.49. The molecule has 3 atom stereocenters. The molecule has 16 heavy (non-hydrogen) atoms. The van der Waals surface area contributed by atoms with Gasteiger partial charge in [-0.1, -0.05) is 34.1 Å². The second kappa shape index (κ2) is 5.67. The second-order valence-electron chi connectivity index (χ2n) is 5.49. The number of rotatable bonds is 4. The Morgan fingerprint density at radius 3 is 2.50 bits per heavy atom. The molecular formula is C13H26N2O. The number of carbonyl (C=O) groups excluding carboxylic acids is 1. The summed E-state index contributed by atoms with van der Waals surface area (Å²) in [5.74, 6) is 1.76. The van der Waals surface area contributed by atoms with Crippen molar-refractivity contribution in [3.8, 4) is 0 Å². The lowest BCUT2D eigenvalue weighted by molar-refractivity contribution is -0.132. The third kappa shape index (κ3) is 2.97. The Morgan fingerprint density at radius 1 is 1.44 bits per heavy atom. The molecule has 1 amide bonds. The minimum atomic E-state index is -0.309. The molecule has 0 spiro atoms. The summed E-state index contributed by atoms with van der Waals surface area (Å²) in [7, 11) is 0. The van der Waals surface area contributed by atoms with E-state index in [0.29, 0.717) is 11.8 Å². The monoisotopic (exact) mass is 226 g/mol. The van der Waals surface area contributed by atoms with Crippen LogP contribution in [0.1, 0.15) is 40.5 Å². The Labute approximate surface area is 99.4 Å². The minimum absolute atomic E-state index is 0.150. The molecule has 1 saturated heterocycles. The van der Waals surface area contributed by atoms with Crippen molar-refractivity contribution in [3.63, 3.8) is 0 Å². The zero-order chi connectivity index (χ0) is 12.3. The van der Waals surface area contributed by atoms with Crippen LogP contribution < -0.4 is 5.73 Å². The zero-order valence-corrected chi connectivity index (χ0v) is 11.1.